The van der Waals surface area contributed by atoms with Gasteiger partial charge in [-0.2, -0.15) is 0 Å². The third-order valence-corrected chi connectivity index (χ3v) is 5.60. The Labute approximate surface area is 120 Å². The maximum absolute atomic E-state index is 5.75. The van der Waals surface area contributed by atoms with Crippen molar-refractivity contribution in [3.8, 4) is 0 Å². The van der Waals surface area contributed by atoms with Crippen LogP contribution in [-0.2, 0) is 4.74 Å². The Morgan fingerprint density at radius 1 is 1.32 bits per heavy atom. The Hall–Kier alpha value is -0.510. The van der Waals surface area contributed by atoms with Crippen molar-refractivity contribution in [3.63, 3.8) is 0 Å². The van der Waals surface area contributed by atoms with Gasteiger partial charge in [-0.05, 0) is 30.4 Å². The molecule has 3 heteroatoms. The van der Waals surface area contributed by atoms with E-state index in [-0.39, 0.29) is 0 Å². The van der Waals surface area contributed by atoms with Crippen LogP contribution in [0.1, 0.15) is 31.2 Å². The minimum absolute atomic E-state index is 0.484. The molecule has 0 aromatic heterocycles. The van der Waals surface area contributed by atoms with Gasteiger partial charge in [0.1, 0.15) is 0 Å². The highest BCUT2D eigenvalue weighted by atomic mass is 32.2. The summed E-state index contributed by atoms with van der Waals surface area (Å²) >= 11 is 2.00. The zero-order chi connectivity index (χ0) is 13.1. The number of hydrogen-bond donors (Lipinski definition) is 1. The van der Waals surface area contributed by atoms with Crippen molar-refractivity contribution >= 4 is 11.8 Å². The first-order valence-corrected chi connectivity index (χ1v) is 8.41. The van der Waals surface area contributed by atoms with Gasteiger partial charge in [0.15, 0.2) is 0 Å². The summed E-state index contributed by atoms with van der Waals surface area (Å²) in [6.45, 7) is 5.40. The predicted octanol–water partition coefficient (Wildman–Crippen LogP) is 3.28. The number of thioether (sulfide) groups is 1. The summed E-state index contributed by atoms with van der Waals surface area (Å²) in [4.78, 5) is 1.48. The number of hydrogen-bond acceptors (Lipinski definition) is 3. The zero-order valence-corrected chi connectivity index (χ0v) is 12.4. The molecule has 1 fully saturated rings. The first-order chi connectivity index (χ1) is 9.38. The van der Waals surface area contributed by atoms with Gasteiger partial charge in [0.2, 0.25) is 0 Å². The molecule has 3 unspecified atom stereocenters. The van der Waals surface area contributed by atoms with E-state index in [0.29, 0.717) is 17.9 Å². The lowest BCUT2D eigenvalue weighted by Crippen LogP contribution is -2.31. The van der Waals surface area contributed by atoms with E-state index >= 15 is 0 Å². The first-order valence-electron chi connectivity index (χ1n) is 7.42. The van der Waals surface area contributed by atoms with E-state index in [2.05, 4.69) is 36.5 Å². The fraction of sp³-hybridized carbons (Fsp3) is 0.625. The molecule has 1 aromatic rings. The molecule has 1 aromatic carbocycles. The predicted molar refractivity (Wildman–Crippen MR) is 80.9 cm³/mol. The molecule has 2 aliphatic heterocycles. The molecule has 0 saturated carbocycles. The molecule has 2 aliphatic rings. The monoisotopic (exact) mass is 277 g/mol. The normalized spacial score (nSPS) is 29.6. The van der Waals surface area contributed by atoms with E-state index in [1.807, 2.05) is 11.8 Å². The second-order valence-corrected chi connectivity index (χ2v) is 6.63. The fourth-order valence-electron chi connectivity index (χ4n) is 3.22. The van der Waals surface area contributed by atoms with E-state index in [4.69, 9.17) is 4.74 Å². The van der Waals surface area contributed by atoms with Crippen molar-refractivity contribution in [3.05, 3.63) is 29.8 Å². The second-order valence-electron chi connectivity index (χ2n) is 5.57. The van der Waals surface area contributed by atoms with Gasteiger partial charge in [-0.1, -0.05) is 25.1 Å². The number of ether oxygens (including phenoxy) is 1. The van der Waals surface area contributed by atoms with E-state index in [1.54, 1.807) is 0 Å². The Morgan fingerprint density at radius 2 is 2.21 bits per heavy atom. The van der Waals surface area contributed by atoms with Crippen molar-refractivity contribution < 1.29 is 4.74 Å². The van der Waals surface area contributed by atoms with Crippen LogP contribution >= 0.6 is 11.8 Å². The molecule has 0 amide bonds. The Bertz CT molecular complexity index is 423. The van der Waals surface area contributed by atoms with E-state index in [9.17, 15) is 0 Å². The van der Waals surface area contributed by atoms with Gasteiger partial charge in [0.25, 0.3) is 0 Å². The Morgan fingerprint density at radius 3 is 3.11 bits per heavy atom. The summed E-state index contributed by atoms with van der Waals surface area (Å²) in [7, 11) is 0. The van der Waals surface area contributed by atoms with Crippen LogP contribution < -0.4 is 5.32 Å². The molecule has 19 heavy (non-hydrogen) atoms. The van der Waals surface area contributed by atoms with Gasteiger partial charge in [-0.15, -0.1) is 11.8 Å². The second kappa shape index (κ2) is 6.29. The topological polar surface area (TPSA) is 21.3 Å². The number of rotatable bonds is 5. The third-order valence-electron chi connectivity index (χ3n) is 4.34. The number of benzene rings is 1. The van der Waals surface area contributed by atoms with Crippen molar-refractivity contribution in [2.45, 2.75) is 36.7 Å². The van der Waals surface area contributed by atoms with Crippen molar-refractivity contribution in [1.82, 2.24) is 5.32 Å². The lowest BCUT2D eigenvalue weighted by molar-refractivity contribution is 0.0872. The molecule has 2 heterocycles. The van der Waals surface area contributed by atoms with Gasteiger partial charge in [-0.3, -0.25) is 0 Å². The number of fused-ring (bicyclic) bond motifs is 1. The van der Waals surface area contributed by atoms with Gasteiger partial charge >= 0.3 is 0 Å². The molecule has 104 valence electrons. The Balaban J connectivity index is 1.49. The summed E-state index contributed by atoms with van der Waals surface area (Å²) in [5.74, 6) is 2.63. The lowest BCUT2D eigenvalue weighted by Gasteiger charge is -2.19. The molecule has 0 radical (unpaired) electrons. The summed E-state index contributed by atoms with van der Waals surface area (Å²) in [6.07, 6.45) is 2.86. The minimum atomic E-state index is 0.484. The van der Waals surface area contributed by atoms with Crippen LogP contribution in [0.25, 0.3) is 0 Å². The number of nitrogens with one attached hydrogen (secondary N) is 1. The summed E-state index contributed by atoms with van der Waals surface area (Å²) in [6, 6.07) is 8.84. The molecule has 3 rings (SSSR count). The SMILES string of the molecule is CCC1OCCC1CNCC1CSc2ccccc21. The van der Waals surface area contributed by atoms with Crippen LogP contribution in [-0.4, -0.2) is 31.6 Å². The van der Waals surface area contributed by atoms with Crippen LogP contribution in [0, 0.1) is 5.92 Å². The van der Waals surface area contributed by atoms with Crippen LogP contribution in [0.4, 0.5) is 0 Å². The molecular weight excluding hydrogens is 254 g/mol. The van der Waals surface area contributed by atoms with Gasteiger partial charge in [-0.25, -0.2) is 0 Å². The standard InChI is InChI=1S/C16H23NOS/c1-2-15-12(7-8-18-15)9-17-10-13-11-19-16-6-4-3-5-14(13)16/h3-6,12-13,15,17H,2,7-11H2,1H3. The smallest absolute Gasteiger partial charge is 0.0613 e. The summed E-state index contributed by atoms with van der Waals surface area (Å²) in [5.41, 5.74) is 1.54. The van der Waals surface area contributed by atoms with E-state index in [1.165, 1.54) is 22.6 Å². The maximum Gasteiger partial charge on any atom is 0.0613 e. The van der Waals surface area contributed by atoms with Crippen molar-refractivity contribution in [2.75, 3.05) is 25.4 Å². The molecule has 3 atom stereocenters. The Kier molecular flexibility index (Phi) is 4.46. The van der Waals surface area contributed by atoms with Crippen LogP contribution in [0.3, 0.4) is 0 Å². The van der Waals surface area contributed by atoms with Crippen LogP contribution in [0.15, 0.2) is 29.2 Å². The highest BCUT2D eigenvalue weighted by Gasteiger charge is 2.27. The zero-order valence-electron chi connectivity index (χ0n) is 11.6. The molecule has 1 saturated heterocycles. The van der Waals surface area contributed by atoms with E-state index < -0.39 is 0 Å². The first kappa shape index (κ1) is 13.5. The average Bonchev–Trinajstić information content (AvgIpc) is 3.06. The lowest BCUT2D eigenvalue weighted by atomic mass is 9.98. The molecular formula is C16H23NOS. The minimum Gasteiger partial charge on any atom is -0.378 e. The van der Waals surface area contributed by atoms with Crippen LogP contribution in [0.2, 0.25) is 0 Å². The van der Waals surface area contributed by atoms with Gasteiger partial charge in [0.05, 0.1) is 6.10 Å². The third kappa shape index (κ3) is 2.99. The maximum atomic E-state index is 5.75. The van der Waals surface area contributed by atoms with Gasteiger partial charge in [0, 0.05) is 36.3 Å². The quantitative estimate of drug-likeness (QED) is 0.892. The molecule has 2 nitrogen and oxygen atoms in total. The molecule has 0 aliphatic carbocycles. The van der Waals surface area contributed by atoms with Gasteiger partial charge < -0.3 is 10.1 Å². The van der Waals surface area contributed by atoms with Crippen LogP contribution in [0.5, 0.6) is 0 Å². The van der Waals surface area contributed by atoms with Crippen molar-refractivity contribution in [1.29, 1.82) is 0 Å². The summed E-state index contributed by atoms with van der Waals surface area (Å²) < 4.78 is 5.75. The van der Waals surface area contributed by atoms with E-state index in [0.717, 1.165) is 26.1 Å². The fourth-order valence-corrected chi connectivity index (χ4v) is 4.47. The largest absolute Gasteiger partial charge is 0.378 e. The highest BCUT2D eigenvalue weighted by Crippen LogP contribution is 2.38. The average molecular weight is 277 g/mol. The molecule has 1 N–H and O–H groups in total. The van der Waals surface area contributed by atoms with Crippen molar-refractivity contribution in [2.24, 2.45) is 5.92 Å². The highest BCUT2D eigenvalue weighted by molar-refractivity contribution is 7.99. The molecule has 0 bridgehead atoms. The molecule has 0 spiro atoms. The summed E-state index contributed by atoms with van der Waals surface area (Å²) in [5, 5.41) is 3.68.